The highest BCUT2D eigenvalue weighted by Gasteiger charge is 2.22. The molecule has 0 bridgehead atoms. The second-order valence-corrected chi connectivity index (χ2v) is 4.52. The average molecular weight is 199 g/mol. The minimum Gasteiger partial charge on any atom is -0.338 e. The molecule has 1 rings (SSSR count). The first-order valence-electron chi connectivity index (χ1n) is 5.38. The Bertz CT molecular complexity index is 194. The molecule has 0 aliphatic heterocycles. The minimum absolute atomic E-state index is 0.0576. The first-order chi connectivity index (χ1) is 6.58. The molecule has 0 aromatic rings. The maximum Gasteiger partial charge on any atom is 0.315 e. The van der Waals surface area contributed by atoms with Crippen molar-refractivity contribution >= 4 is 6.03 Å². The summed E-state index contributed by atoms with van der Waals surface area (Å²) in [6, 6.07) is 0.486. The van der Waals surface area contributed by atoms with Gasteiger partial charge in [0.05, 0.1) is 0 Å². The van der Waals surface area contributed by atoms with Crippen LogP contribution in [-0.4, -0.2) is 24.7 Å². The van der Waals surface area contributed by atoms with Crippen molar-refractivity contribution in [3.63, 3.8) is 0 Å². The molecule has 2 amide bonds. The topological polar surface area (TPSA) is 67.2 Å². The van der Waals surface area contributed by atoms with Gasteiger partial charge in [-0.05, 0) is 25.2 Å². The standard InChI is InChI=1S/C10H21N3O/c1-7(2)6-12-10(14)13-9-4-3-8(11)5-9/h7-9H,3-6,11H2,1-2H3,(H2,12,13,14). The summed E-state index contributed by atoms with van der Waals surface area (Å²) < 4.78 is 0. The summed E-state index contributed by atoms with van der Waals surface area (Å²) in [6.45, 7) is 4.88. The molecule has 0 aromatic heterocycles. The van der Waals surface area contributed by atoms with Gasteiger partial charge < -0.3 is 16.4 Å². The van der Waals surface area contributed by atoms with E-state index in [2.05, 4.69) is 24.5 Å². The lowest BCUT2D eigenvalue weighted by Crippen LogP contribution is -2.42. The Labute approximate surface area is 85.6 Å². The molecule has 0 spiro atoms. The summed E-state index contributed by atoms with van der Waals surface area (Å²) >= 11 is 0. The second-order valence-electron chi connectivity index (χ2n) is 4.52. The molecule has 2 unspecified atom stereocenters. The molecule has 2 atom stereocenters. The molecule has 0 heterocycles. The van der Waals surface area contributed by atoms with Crippen LogP contribution in [0.5, 0.6) is 0 Å². The monoisotopic (exact) mass is 199 g/mol. The molecule has 82 valence electrons. The first kappa shape index (κ1) is 11.3. The fourth-order valence-corrected chi connectivity index (χ4v) is 1.68. The Kier molecular flexibility index (Phi) is 4.20. The zero-order chi connectivity index (χ0) is 10.6. The van der Waals surface area contributed by atoms with Crippen molar-refractivity contribution in [1.82, 2.24) is 10.6 Å². The summed E-state index contributed by atoms with van der Waals surface area (Å²) in [7, 11) is 0. The number of carbonyl (C=O) groups excluding carboxylic acids is 1. The minimum atomic E-state index is -0.0576. The Morgan fingerprint density at radius 1 is 1.50 bits per heavy atom. The Balaban J connectivity index is 2.14. The highest BCUT2D eigenvalue weighted by atomic mass is 16.2. The molecule has 0 saturated heterocycles. The highest BCUT2D eigenvalue weighted by molar-refractivity contribution is 5.74. The molecule has 1 fully saturated rings. The van der Waals surface area contributed by atoms with Gasteiger partial charge in [-0.25, -0.2) is 4.79 Å². The predicted molar refractivity (Wildman–Crippen MR) is 57.0 cm³/mol. The fraction of sp³-hybridized carbons (Fsp3) is 0.900. The molecular formula is C10H21N3O. The van der Waals surface area contributed by atoms with Crippen LogP contribution in [0.3, 0.4) is 0 Å². The van der Waals surface area contributed by atoms with E-state index < -0.39 is 0 Å². The molecule has 4 N–H and O–H groups in total. The van der Waals surface area contributed by atoms with E-state index in [1.165, 1.54) is 0 Å². The van der Waals surface area contributed by atoms with E-state index in [0.29, 0.717) is 5.92 Å². The van der Waals surface area contributed by atoms with Crippen molar-refractivity contribution in [1.29, 1.82) is 0 Å². The van der Waals surface area contributed by atoms with Gasteiger partial charge in [-0.15, -0.1) is 0 Å². The van der Waals surface area contributed by atoms with Gasteiger partial charge in [-0.3, -0.25) is 0 Å². The van der Waals surface area contributed by atoms with Crippen LogP contribution in [0.25, 0.3) is 0 Å². The number of nitrogens with one attached hydrogen (secondary N) is 2. The quantitative estimate of drug-likeness (QED) is 0.630. The van der Waals surface area contributed by atoms with E-state index in [0.717, 1.165) is 25.8 Å². The van der Waals surface area contributed by atoms with Crippen LogP contribution in [0, 0.1) is 5.92 Å². The third-order valence-corrected chi connectivity index (χ3v) is 2.48. The summed E-state index contributed by atoms with van der Waals surface area (Å²) in [4.78, 5) is 11.3. The molecule has 1 saturated carbocycles. The Hall–Kier alpha value is -0.770. The normalized spacial score (nSPS) is 26.6. The van der Waals surface area contributed by atoms with Crippen LogP contribution < -0.4 is 16.4 Å². The number of hydrogen-bond donors (Lipinski definition) is 3. The number of amides is 2. The van der Waals surface area contributed by atoms with Crippen molar-refractivity contribution < 1.29 is 4.79 Å². The molecule has 1 aliphatic rings. The van der Waals surface area contributed by atoms with Crippen LogP contribution in [0.4, 0.5) is 4.79 Å². The van der Waals surface area contributed by atoms with E-state index in [1.807, 2.05) is 0 Å². The summed E-state index contributed by atoms with van der Waals surface area (Å²) in [5, 5.41) is 5.77. The van der Waals surface area contributed by atoms with Gasteiger partial charge in [0.2, 0.25) is 0 Å². The van der Waals surface area contributed by atoms with Crippen LogP contribution in [0.2, 0.25) is 0 Å². The molecule has 0 aromatic carbocycles. The van der Waals surface area contributed by atoms with E-state index in [4.69, 9.17) is 5.73 Å². The van der Waals surface area contributed by atoms with Gasteiger partial charge in [0.1, 0.15) is 0 Å². The second kappa shape index (κ2) is 5.20. The van der Waals surface area contributed by atoms with Gasteiger partial charge in [-0.2, -0.15) is 0 Å². The van der Waals surface area contributed by atoms with Crippen LogP contribution in [0.15, 0.2) is 0 Å². The number of rotatable bonds is 3. The molecule has 4 nitrogen and oxygen atoms in total. The predicted octanol–water partition coefficient (Wildman–Crippen LogP) is 0.821. The maximum atomic E-state index is 11.3. The lowest BCUT2D eigenvalue weighted by molar-refractivity contribution is 0.235. The van der Waals surface area contributed by atoms with Gasteiger partial charge in [0.15, 0.2) is 0 Å². The molecule has 1 aliphatic carbocycles. The van der Waals surface area contributed by atoms with E-state index in [1.54, 1.807) is 0 Å². The number of hydrogen-bond acceptors (Lipinski definition) is 2. The van der Waals surface area contributed by atoms with E-state index in [9.17, 15) is 4.79 Å². The summed E-state index contributed by atoms with van der Waals surface area (Å²) in [5.74, 6) is 0.492. The Morgan fingerprint density at radius 2 is 2.21 bits per heavy atom. The molecule has 14 heavy (non-hydrogen) atoms. The van der Waals surface area contributed by atoms with Crippen LogP contribution in [-0.2, 0) is 0 Å². The molecule has 0 radical (unpaired) electrons. The third kappa shape index (κ3) is 3.96. The molecular weight excluding hydrogens is 178 g/mol. The zero-order valence-corrected chi connectivity index (χ0v) is 9.05. The van der Waals surface area contributed by atoms with Gasteiger partial charge >= 0.3 is 6.03 Å². The maximum absolute atomic E-state index is 11.3. The first-order valence-corrected chi connectivity index (χ1v) is 5.38. The third-order valence-electron chi connectivity index (χ3n) is 2.48. The van der Waals surface area contributed by atoms with Crippen molar-refractivity contribution in [3.8, 4) is 0 Å². The SMILES string of the molecule is CC(C)CNC(=O)NC1CCC(N)C1. The average Bonchev–Trinajstić information content (AvgIpc) is 2.48. The number of urea groups is 1. The van der Waals surface area contributed by atoms with Crippen molar-refractivity contribution in [3.05, 3.63) is 0 Å². The summed E-state index contributed by atoms with van der Waals surface area (Å²) in [5.41, 5.74) is 5.75. The van der Waals surface area contributed by atoms with Gasteiger partial charge in [0.25, 0.3) is 0 Å². The van der Waals surface area contributed by atoms with Gasteiger partial charge in [-0.1, -0.05) is 13.8 Å². The smallest absolute Gasteiger partial charge is 0.315 e. The van der Waals surface area contributed by atoms with Crippen molar-refractivity contribution in [2.24, 2.45) is 11.7 Å². The number of nitrogens with two attached hydrogens (primary N) is 1. The Morgan fingerprint density at radius 3 is 2.71 bits per heavy atom. The van der Waals surface area contributed by atoms with Crippen LogP contribution in [0.1, 0.15) is 33.1 Å². The number of carbonyl (C=O) groups is 1. The molecule has 4 heteroatoms. The van der Waals surface area contributed by atoms with Crippen LogP contribution >= 0.6 is 0 Å². The van der Waals surface area contributed by atoms with E-state index in [-0.39, 0.29) is 18.1 Å². The lowest BCUT2D eigenvalue weighted by Gasteiger charge is -2.14. The largest absolute Gasteiger partial charge is 0.338 e. The zero-order valence-electron chi connectivity index (χ0n) is 9.05. The van der Waals surface area contributed by atoms with Gasteiger partial charge in [0, 0.05) is 18.6 Å². The van der Waals surface area contributed by atoms with Crippen molar-refractivity contribution in [2.45, 2.75) is 45.2 Å². The summed E-state index contributed by atoms with van der Waals surface area (Å²) in [6.07, 6.45) is 2.94. The highest BCUT2D eigenvalue weighted by Crippen LogP contribution is 2.16. The van der Waals surface area contributed by atoms with Crippen molar-refractivity contribution in [2.75, 3.05) is 6.54 Å². The lowest BCUT2D eigenvalue weighted by atomic mass is 10.2. The fourth-order valence-electron chi connectivity index (χ4n) is 1.68. The van der Waals surface area contributed by atoms with E-state index >= 15 is 0 Å².